The minimum Gasteiger partial charge on any atom is -0.460 e. The van der Waals surface area contributed by atoms with Crippen LogP contribution in [-0.4, -0.2) is 36.2 Å². The van der Waals surface area contributed by atoms with Crippen LogP contribution >= 0.6 is 0 Å². The average molecular weight is 299 g/mol. The first-order valence-corrected chi connectivity index (χ1v) is 6.89. The van der Waals surface area contributed by atoms with E-state index in [1.165, 1.54) is 0 Å². The van der Waals surface area contributed by atoms with Crippen molar-refractivity contribution < 1.29 is 19.4 Å². The molecule has 0 saturated carbocycles. The van der Waals surface area contributed by atoms with Gasteiger partial charge in [-0.25, -0.2) is 4.79 Å². The molecule has 0 aromatic heterocycles. The lowest BCUT2D eigenvalue weighted by Crippen LogP contribution is -2.41. The topological polar surface area (TPSA) is 75.6 Å². The van der Waals surface area contributed by atoms with E-state index in [1.807, 2.05) is 6.07 Å². The molecule has 1 atom stereocenters. The fourth-order valence-corrected chi connectivity index (χ4v) is 1.83. The van der Waals surface area contributed by atoms with E-state index in [1.54, 1.807) is 54.6 Å². The Hall–Kier alpha value is -2.66. The third kappa shape index (κ3) is 4.43. The summed E-state index contributed by atoms with van der Waals surface area (Å²) in [7, 11) is 0. The fraction of sp³-hybridized carbons (Fsp3) is 0.176. The van der Waals surface area contributed by atoms with Crippen molar-refractivity contribution in [3.63, 3.8) is 0 Å². The van der Waals surface area contributed by atoms with Crippen molar-refractivity contribution in [3.8, 4) is 0 Å². The summed E-state index contributed by atoms with van der Waals surface area (Å²) in [5.41, 5.74) is 0.906. The number of carbonyl (C=O) groups excluding carboxylic acids is 2. The van der Waals surface area contributed by atoms with Crippen LogP contribution in [-0.2, 0) is 4.74 Å². The zero-order valence-corrected chi connectivity index (χ0v) is 11.9. The number of nitrogens with one attached hydrogen (secondary N) is 1. The van der Waals surface area contributed by atoms with Crippen molar-refractivity contribution in [3.05, 3.63) is 71.8 Å². The van der Waals surface area contributed by atoms with Gasteiger partial charge < -0.3 is 15.2 Å². The molecule has 0 spiro atoms. The molecule has 1 amide bonds. The van der Waals surface area contributed by atoms with Gasteiger partial charge in [0.05, 0.1) is 18.2 Å². The number of ether oxygens (including phenoxy) is 1. The predicted molar refractivity (Wildman–Crippen MR) is 81.5 cm³/mol. The van der Waals surface area contributed by atoms with Gasteiger partial charge in [-0.1, -0.05) is 36.4 Å². The maximum Gasteiger partial charge on any atom is 0.338 e. The highest BCUT2D eigenvalue weighted by molar-refractivity contribution is 5.94. The average Bonchev–Trinajstić information content (AvgIpc) is 2.59. The zero-order valence-electron chi connectivity index (χ0n) is 11.9. The normalized spacial score (nSPS) is 11.5. The van der Waals surface area contributed by atoms with Crippen molar-refractivity contribution in [2.75, 3.05) is 13.2 Å². The quantitative estimate of drug-likeness (QED) is 0.795. The number of amides is 1. The lowest BCUT2D eigenvalue weighted by molar-refractivity contribution is 0.0419. The Morgan fingerprint density at radius 3 is 2.05 bits per heavy atom. The molecule has 2 N–H and O–H groups in total. The summed E-state index contributed by atoms with van der Waals surface area (Å²) in [4.78, 5) is 23.8. The van der Waals surface area contributed by atoms with E-state index in [4.69, 9.17) is 4.74 Å². The Kier molecular flexibility index (Phi) is 5.68. The molecular weight excluding hydrogens is 282 g/mol. The van der Waals surface area contributed by atoms with Gasteiger partial charge in [0.25, 0.3) is 5.91 Å². The summed E-state index contributed by atoms with van der Waals surface area (Å²) >= 11 is 0. The Morgan fingerprint density at radius 2 is 1.50 bits per heavy atom. The third-order valence-electron chi connectivity index (χ3n) is 3.02. The van der Waals surface area contributed by atoms with Crippen LogP contribution in [0.4, 0.5) is 0 Å². The summed E-state index contributed by atoms with van der Waals surface area (Å²) in [5, 5.41) is 11.9. The van der Waals surface area contributed by atoms with E-state index < -0.39 is 12.0 Å². The largest absolute Gasteiger partial charge is 0.460 e. The number of hydrogen-bond donors (Lipinski definition) is 2. The molecule has 2 rings (SSSR count). The Labute approximate surface area is 128 Å². The maximum atomic E-state index is 12.0. The van der Waals surface area contributed by atoms with E-state index >= 15 is 0 Å². The van der Waals surface area contributed by atoms with Crippen LogP contribution in [0, 0.1) is 0 Å². The minimum atomic E-state index is -0.652. The number of aliphatic hydroxyl groups excluding tert-OH is 1. The van der Waals surface area contributed by atoms with Gasteiger partial charge in [-0.15, -0.1) is 0 Å². The molecule has 0 radical (unpaired) electrons. The van der Waals surface area contributed by atoms with Gasteiger partial charge >= 0.3 is 5.97 Å². The third-order valence-corrected chi connectivity index (χ3v) is 3.02. The number of rotatable bonds is 6. The van der Waals surface area contributed by atoms with Crippen LogP contribution in [0.3, 0.4) is 0 Å². The van der Waals surface area contributed by atoms with Gasteiger partial charge in [-0.3, -0.25) is 4.79 Å². The molecule has 0 saturated heterocycles. The van der Waals surface area contributed by atoms with Crippen molar-refractivity contribution in [1.82, 2.24) is 5.32 Å². The summed E-state index contributed by atoms with van der Waals surface area (Å²) in [6.07, 6.45) is 0. The SMILES string of the molecule is O=C(NC(CO)COC(=O)c1ccccc1)c1ccccc1. The van der Waals surface area contributed by atoms with Crippen LogP contribution in [0.1, 0.15) is 20.7 Å². The molecule has 0 heterocycles. The highest BCUT2D eigenvalue weighted by Gasteiger charge is 2.15. The van der Waals surface area contributed by atoms with Crippen molar-refractivity contribution in [2.24, 2.45) is 0 Å². The molecule has 0 bridgehead atoms. The monoisotopic (exact) mass is 299 g/mol. The van der Waals surface area contributed by atoms with E-state index in [-0.39, 0.29) is 19.1 Å². The number of carbonyl (C=O) groups is 2. The van der Waals surface area contributed by atoms with E-state index in [0.29, 0.717) is 11.1 Å². The summed E-state index contributed by atoms with van der Waals surface area (Å²) < 4.78 is 5.10. The van der Waals surface area contributed by atoms with Crippen molar-refractivity contribution in [2.45, 2.75) is 6.04 Å². The molecule has 1 unspecified atom stereocenters. The van der Waals surface area contributed by atoms with Crippen LogP contribution in [0.25, 0.3) is 0 Å². The minimum absolute atomic E-state index is 0.0944. The van der Waals surface area contributed by atoms with E-state index in [2.05, 4.69) is 5.32 Å². The summed E-state index contributed by atoms with van der Waals surface area (Å²) in [6, 6.07) is 16.5. The lowest BCUT2D eigenvalue weighted by atomic mass is 10.2. The van der Waals surface area contributed by atoms with Gasteiger partial charge in [0, 0.05) is 5.56 Å². The van der Waals surface area contributed by atoms with E-state index in [9.17, 15) is 14.7 Å². The maximum absolute atomic E-state index is 12.0. The highest BCUT2D eigenvalue weighted by Crippen LogP contribution is 2.03. The lowest BCUT2D eigenvalue weighted by Gasteiger charge is -2.16. The van der Waals surface area contributed by atoms with Crippen LogP contribution < -0.4 is 5.32 Å². The molecule has 0 aliphatic heterocycles. The molecule has 5 nitrogen and oxygen atoms in total. The molecule has 0 aliphatic carbocycles. The molecule has 0 fully saturated rings. The van der Waals surface area contributed by atoms with Gasteiger partial charge in [0.1, 0.15) is 6.61 Å². The number of aliphatic hydroxyl groups is 1. The van der Waals surface area contributed by atoms with Gasteiger partial charge in [0.2, 0.25) is 0 Å². The van der Waals surface area contributed by atoms with Gasteiger partial charge in [-0.2, -0.15) is 0 Å². The smallest absolute Gasteiger partial charge is 0.338 e. The summed E-state index contributed by atoms with van der Waals surface area (Å²) in [5.74, 6) is -0.816. The molecule has 114 valence electrons. The Balaban J connectivity index is 1.87. The molecule has 5 heteroatoms. The standard InChI is InChI=1S/C17H17NO4/c19-11-15(18-16(20)13-7-3-1-4-8-13)12-22-17(21)14-9-5-2-6-10-14/h1-10,15,19H,11-12H2,(H,18,20). The zero-order chi connectivity index (χ0) is 15.8. The molecule has 2 aromatic carbocycles. The van der Waals surface area contributed by atoms with E-state index in [0.717, 1.165) is 0 Å². The molecule has 22 heavy (non-hydrogen) atoms. The molecular formula is C17H17NO4. The number of hydrogen-bond acceptors (Lipinski definition) is 4. The predicted octanol–water partition coefficient (Wildman–Crippen LogP) is 1.63. The Bertz CT molecular complexity index is 613. The molecule has 2 aromatic rings. The number of esters is 1. The van der Waals surface area contributed by atoms with Crippen LogP contribution in [0.5, 0.6) is 0 Å². The number of benzene rings is 2. The highest BCUT2D eigenvalue weighted by atomic mass is 16.5. The van der Waals surface area contributed by atoms with Crippen LogP contribution in [0.15, 0.2) is 60.7 Å². The van der Waals surface area contributed by atoms with Gasteiger partial charge in [0.15, 0.2) is 0 Å². The first kappa shape index (κ1) is 15.7. The van der Waals surface area contributed by atoms with Crippen LogP contribution in [0.2, 0.25) is 0 Å². The molecule has 0 aliphatic rings. The summed E-state index contributed by atoms with van der Waals surface area (Å²) in [6.45, 7) is -0.413. The second-order valence-electron chi connectivity index (χ2n) is 4.68. The fourth-order valence-electron chi connectivity index (χ4n) is 1.83. The second-order valence-corrected chi connectivity index (χ2v) is 4.68. The van der Waals surface area contributed by atoms with Gasteiger partial charge in [-0.05, 0) is 24.3 Å². The van der Waals surface area contributed by atoms with Crippen molar-refractivity contribution in [1.29, 1.82) is 0 Å². The first-order valence-electron chi connectivity index (χ1n) is 6.89. The first-order chi connectivity index (χ1) is 10.7. The Morgan fingerprint density at radius 1 is 0.955 bits per heavy atom. The van der Waals surface area contributed by atoms with Crippen molar-refractivity contribution >= 4 is 11.9 Å². The second kappa shape index (κ2) is 7.95.